The highest BCUT2D eigenvalue weighted by atomic mass is 16.5. The van der Waals surface area contributed by atoms with E-state index in [1.165, 1.54) is 6.42 Å². The lowest BCUT2D eigenvalue weighted by Gasteiger charge is -2.27. The van der Waals surface area contributed by atoms with Crippen molar-refractivity contribution in [1.82, 2.24) is 15.1 Å². The molecule has 22 heavy (non-hydrogen) atoms. The lowest BCUT2D eigenvalue weighted by molar-refractivity contribution is -0.127. The van der Waals surface area contributed by atoms with Gasteiger partial charge >= 0.3 is 0 Å². The first-order chi connectivity index (χ1) is 10.5. The molecular weight excluding hydrogens is 280 g/mol. The number of likely N-dealkylation sites (N-methyl/N-ethyl adjacent to an activating group) is 1. The number of ether oxygens (including phenoxy) is 1. The van der Waals surface area contributed by atoms with Crippen LogP contribution in [0.5, 0.6) is 0 Å². The first-order valence-corrected chi connectivity index (χ1v) is 8.35. The summed E-state index contributed by atoms with van der Waals surface area (Å²) in [4.78, 5) is 19.9. The topological polar surface area (TPSA) is 57.2 Å². The second-order valence-corrected chi connectivity index (χ2v) is 6.07. The third kappa shape index (κ3) is 7.11. The van der Waals surface area contributed by atoms with E-state index in [0.717, 1.165) is 51.3 Å². The van der Waals surface area contributed by atoms with Crippen LogP contribution in [0.3, 0.4) is 0 Å². The minimum atomic E-state index is 0.0112. The van der Waals surface area contributed by atoms with Crippen LogP contribution in [-0.2, 0) is 9.53 Å². The molecule has 1 unspecified atom stereocenters. The Labute approximate surface area is 134 Å². The van der Waals surface area contributed by atoms with Crippen molar-refractivity contribution in [3.8, 4) is 0 Å². The Morgan fingerprint density at radius 1 is 1.32 bits per heavy atom. The molecule has 1 rings (SSSR count). The van der Waals surface area contributed by atoms with Gasteiger partial charge in [0.1, 0.15) is 6.54 Å². The highest BCUT2D eigenvalue weighted by Crippen LogP contribution is 2.11. The molecule has 1 atom stereocenters. The number of aliphatic imine (C=N–C) groups is 1. The molecule has 1 N–H and O–H groups in total. The average Bonchev–Trinajstić information content (AvgIpc) is 2.53. The van der Waals surface area contributed by atoms with Gasteiger partial charge in [0.05, 0.1) is 6.10 Å². The van der Waals surface area contributed by atoms with Gasteiger partial charge in [-0.05, 0) is 25.7 Å². The van der Waals surface area contributed by atoms with Gasteiger partial charge in [-0.2, -0.15) is 0 Å². The lowest BCUT2D eigenvalue weighted by atomic mass is 10.1. The number of carbonyl (C=O) groups excluding carboxylic acids is 1. The molecule has 1 saturated heterocycles. The molecule has 128 valence electrons. The Hall–Kier alpha value is -1.30. The highest BCUT2D eigenvalue weighted by Gasteiger charge is 2.15. The number of amides is 1. The van der Waals surface area contributed by atoms with E-state index in [2.05, 4.69) is 22.1 Å². The SMILES string of the molecule is CCCCN(C)C(=NCC(=O)N(C)C)NCC1CCCCO1. The van der Waals surface area contributed by atoms with E-state index in [9.17, 15) is 4.79 Å². The number of nitrogens with zero attached hydrogens (tertiary/aromatic N) is 3. The summed E-state index contributed by atoms with van der Waals surface area (Å²) < 4.78 is 5.74. The maximum Gasteiger partial charge on any atom is 0.243 e. The molecule has 0 bridgehead atoms. The van der Waals surface area contributed by atoms with Crippen molar-refractivity contribution in [3.63, 3.8) is 0 Å². The van der Waals surface area contributed by atoms with Crippen LogP contribution in [0.15, 0.2) is 4.99 Å². The molecule has 0 spiro atoms. The largest absolute Gasteiger partial charge is 0.376 e. The fourth-order valence-electron chi connectivity index (χ4n) is 2.27. The number of hydrogen-bond acceptors (Lipinski definition) is 3. The molecule has 1 fully saturated rings. The van der Waals surface area contributed by atoms with E-state index in [0.29, 0.717) is 0 Å². The molecule has 0 radical (unpaired) electrons. The Morgan fingerprint density at radius 3 is 2.68 bits per heavy atom. The summed E-state index contributed by atoms with van der Waals surface area (Å²) in [5.74, 6) is 0.801. The smallest absolute Gasteiger partial charge is 0.243 e. The average molecular weight is 312 g/mol. The van der Waals surface area contributed by atoms with Crippen LogP contribution in [0, 0.1) is 0 Å². The van der Waals surface area contributed by atoms with Gasteiger partial charge in [0.2, 0.25) is 5.91 Å². The molecule has 1 aliphatic heterocycles. The standard InChI is InChI=1S/C16H32N4O2/c1-5-6-10-20(4)16(18-13-15(21)19(2)3)17-12-14-9-7-8-11-22-14/h14H,5-13H2,1-4H3,(H,17,18). The number of carbonyl (C=O) groups is 1. The molecule has 1 heterocycles. The number of guanidine groups is 1. The van der Waals surface area contributed by atoms with Gasteiger partial charge < -0.3 is 19.9 Å². The summed E-state index contributed by atoms with van der Waals surface area (Å²) >= 11 is 0. The third-order valence-corrected chi connectivity index (χ3v) is 3.83. The van der Waals surface area contributed by atoms with Crippen molar-refractivity contribution in [2.75, 3.05) is 47.4 Å². The Kier molecular flexibility index (Phi) is 8.89. The summed E-state index contributed by atoms with van der Waals surface area (Å²) in [5.41, 5.74) is 0. The molecule has 6 heteroatoms. The molecule has 0 aromatic heterocycles. The second kappa shape index (κ2) is 10.4. The fraction of sp³-hybridized carbons (Fsp3) is 0.875. The molecule has 0 saturated carbocycles. The van der Waals surface area contributed by atoms with Gasteiger partial charge in [-0.3, -0.25) is 4.79 Å². The van der Waals surface area contributed by atoms with E-state index < -0.39 is 0 Å². The zero-order chi connectivity index (χ0) is 16.4. The normalized spacial score (nSPS) is 18.9. The van der Waals surface area contributed by atoms with Gasteiger partial charge in [0.25, 0.3) is 0 Å². The summed E-state index contributed by atoms with van der Waals surface area (Å²) in [5, 5.41) is 3.37. The van der Waals surface area contributed by atoms with E-state index in [4.69, 9.17) is 4.74 Å². The maximum absolute atomic E-state index is 11.7. The van der Waals surface area contributed by atoms with Crippen molar-refractivity contribution in [2.45, 2.75) is 45.1 Å². The van der Waals surface area contributed by atoms with Crippen LogP contribution in [0.1, 0.15) is 39.0 Å². The van der Waals surface area contributed by atoms with E-state index in [1.807, 2.05) is 7.05 Å². The molecule has 0 aliphatic carbocycles. The van der Waals surface area contributed by atoms with Gasteiger partial charge in [-0.15, -0.1) is 0 Å². The Bertz CT molecular complexity index is 352. The highest BCUT2D eigenvalue weighted by molar-refractivity contribution is 5.84. The molecule has 0 aromatic carbocycles. The first-order valence-electron chi connectivity index (χ1n) is 8.35. The van der Waals surface area contributed by atoms with Crippen molar-refractivity contribution < 1.29 is 9.53 Å². The van der Waals surface area contributed by atoms with Gasteiger partial charge in [-0.1, -0.05) is 13.3 Å². The number of hydrogen-bond donors (Lipinski definition) is 1. The minimum Gasteiger partial charge on any atom is -0.376 e. The monoisotopic (exact) mass is 312 g/mol. The van der Waals surface area contributed by atoms with Crippen molar-refractivity contribution in [1.29, 1.82) is 0 Å². The molecular formula is C16H32N4O2. The molecule has 1 aliphatic rings. The lowest BCUT2D eigenvalue weighted by Crippen LogP contribution is -2.44. The van der Waals surface area contributed by atoms with Crippen LogP contribution in [0.4, 0.5) is 0 Å². The number of rotatable bonds is 7. The molecule has 6 nitrogen and oxygen atoms in total. The van der Waals surface area contributed by atoms with Crippen molar-refractivity contribution >= 4 is 11.9 Å². The van der Waals surface area contributed by atoms with Crippen LogP contribution < -0.4 is 5.32 Å². The van der Waals surface area contributed by atoms with Crippen LogP contribution in [-0.4, -0.2) is 75.2 Å². The predicted octanol–water partition coefficient (Wildman–Crippen LogP) is 1.32. The summed E-state index contributed by atoms with van der Waals surface area (Å²) in [6.45, 7) is 4.89. The Balaban J connectivity index is 2.55. The number of nitrogens with one attached hydrogen (secondary N) is 1. The summed E-state index contributed by atoms with van der Waals surface area (Å²) in [6, 6.07) is 0. The van der Waals surface area contributed by atoms with Gasteiger partial charge in [-0.25, -0.2) is 4.99 Å². The fourth-order valence-corrected chi connectivity index (χ4v) is 2.27. The minimum absolute atomic E-state index is 0.0112. The van der Waals surface area contributed by atoms with Gasteiger partial charge in [0, 0.05) is 40.8 Å². The quantitative estimate of drug-likeness (QED) is 0.569. The first kappa shape index (κ1) is 18.7. The van der Waals surface area contributed by atoms with Crippen molar-refractivity contribution in [2.24, 2.45) is 4.99 Å². The summed E-state index contributed by atoms with van der Waals surface area (Å²) in [6.07, 6.45) is 5.98. The second-order valence-electron chi connectivity index (χ2n) is 6.07. The van der Waals surface area contributed by atoms with Gasteiger partial charge in [0.15, 0.2) is 5.96 Å². The molecule has 1 amide bonds. The van der Waals surface area contributed by atoms with E-state index in [-0.39, 0.29) is 18.6 Å². The predicted molar refractivity (Wildman–Crippen MR) is 90.1 cm³/mol. The molecule has 0 aromatic rings. The number of unbranched alkanes of at least 4 members (excludes halogenated alkanes) is 1. The van der Waals surface area contributed by atoms with Crippen molar-refractivity contribution in [3.05, 3.63) is 0 Å². The van der Waals surface area contributed by atoms with E-state index >= 15 is 0 Å². The van der Waals surface area contributed by atoms with Crippen LogP contribution >= 0.6 is 0 Å². The zero-order valence-electron chi connectivity index (χ0n) is 14.6. The Morgan fingerprint density at radius 2 is 2.09 bits per heavy atom. The van der Waals surface area contributed by atoms with Crippen LogP contribution in [0.25, 0.3) is 0 Å². The third-order valence-electron chi connectivity index (χ3n) is 3.83. The zero-order valence-corrected chi connectivity index (χ0v) is 14.6. The maximum atomic E-state index is 11.7. The summed E-state index contributed by atoms with van der Waals surface area (Å²) in [7, 11) is 5.52. The van der Waals surface area contributed by atoms with Crippen LogP contribution in [0.2, 0.25) is 0 Å². The van der Waals surface area contributed by atoms with E-state index in [1.54, 1.807) is 19.0 Å².